The van der Waals surface area contributed by atoms with E-state index >= 15 is 0 Å². The maximum atomic E-state index is 12.1. The Hall–Kier alpha value is -1.96. The monoisotopic (exact) mass is 317 g/mol. The van der Waals surface area contributed by atoms with Gasteiger partial charge >= 0.3 is 12.6 Å². The molecular formula is C14H21F2N3O3. The zero-order valence-corrected chi connectivity index (χ0v) is 12.8. The normalized spacial score (nSPS) is 12.9. The number of aliphatic hydroxyl groups is 1. The van der Waals surface area contributed by atoms with E-state index in [1.54, 1.807) is 6.07 Å². The Kier molecular flexibility index (Phi) is 6.48. The topological polar surface area (TPSA) is 83.5 Å². The molecule has 0 saturated carbocycles. The summed E-state index contributed by atoms with van der Waals surface area (Å²) in [5.74, 6) is -0.210. The number of hydrogen-bond acceptors (Lipinski definition) is 4. The summed E-state index contributed by atoms with van der Waals surface area (Å²) >= 11 is 0. The number of pyridine rings is 1. The van der Waals surface area contributed by atoms with Gasteiger partial charge in [-0.3, -0.25) is 0 Å². The first kappa shape index (κ1) is 18.1. The van der Waals surface area contributed by atoms with Crippen molar-refractivity contribution in [2.24, 2.45) is 5.41 Å². The van der Waals surface area contributed by atoms with Crippen molar-refractivity contribution in [2.75, 3.05) is 6.54 Å². The Balaban J connectivity index is 2.41. The third-order valence-corrected chi connectivity index (χ3v) is 2.92. The molecule has 1 unspecified atom stereocenters. The molecule has 0 fully saturated rings. The van der Waals surface area contributed by atoms with Crippen LogP contribution < -0.4 is 15.4 Å². The van der Waals surface area contributed by atoms with Gasteiger partial charge in [-0.15, -0.1) is 0 Å². The molecule has 0 aromatic carbocycles. The van der Waals surface area contributed by atoms with E-state index in [1.807, 2.05) is 20.8 Å². The van der Waals surface area contributed by atoms with Crippen LogP contribution in [0.4, 0.5) is 13.6 Å². The summed E-state index contributed by atoms with van der Waals surface area (Å²) in [7, 11) is 0. The van der Waals surface area contributed by atoms with Crippen LogP contribution in [0.15, 0.2) is 18.3 Å². The number of alkyl halides is 2. The van der Waals surface area contributed by atoms with Crippen LogP contribution in [0.25, 0.3) is 0 Å². The fourth-order valence-corrected chi connectivity index (χ4v) is 1.46. The summed E-state index contributed by atoms with van der Waals surface area (Å²) in [5, 5.41) is 14.9. The molecule has 22 heavy (non-hydrogen) atoms. The van der Waals surface area contributed by atoms with Crippen LogP contribution in [-0.2, 0) is 6.54 Å². The molecule has 0 aliphatic rings. The van der Waals surface area contributed by atoms with Gasteiger partial charge < -0.3 is 20.5 Å². The first-order chi connectivity index (χ1) is 10.2. The number of hydrogen-bond donors (Lipinski definition) is 3. The highest BCUT2D eigenvalue weighted by molar-refractivity contribution is 5.73. The van der Waals surface area contributed by atoms with Crippen molar-refractivity contribution < 1.29 is 23.4 Å². The summed E-state index contributed by atoms with van der Waals surface area (Å²) in [4.78, 5) is 15.2. The number of carbonyl (C=O) groups excluding carboxylic acids is 1. The number of amides is 2. The summed E-state index contributed by atoms with van der Waals surface area (Å²) in [6.45, 7) is 2.87. The average Bonchev–Trinajstić information content (AvgIpc) is 2.41. The molecule has 3 N–H and O–H groups in total. The lowest BCUT2D eigenvalue weighted by molar-refractivity contribution is -0.0529. The minimum absolute atomic E-state index is 0.116. The summed E-state index contributed by atoms with van der Waals surface area (Å²) in [6, 6.07) is 2.43. The van der Waals surface area contributed by atoms with E-state index in [-0.39, 0.29) is 24.4 Å². The van der Waals surface area contributed by atoms with Crippen LogP contribution in [0.5, 0.6) is 5.88 Å². The first-order valence-corrected chi connectivity index (χ1v) is 6.78. The van der Waals surface area contributed by atoms with Crippen molar-refractivity contribution >= 4 is 6.03 Å². The molecule has 0 aliphatic heterocycles. The largest absolute Gasteiger partial charge is 0.417 e. The number of rotatable bonds is 6. The van der Waals surface area contributed by atoms with Crippen molar-refractivity contribution in [3.63, 3.8) is 0 Å². The van der Waals surface area contributed by atoms with E-state index in [4.69, 9.17) is 0 Å². The van der Waals surface area contributed by atoms with Crippen molar-refractivity contribution in [1.29, 1.82) is 0 Å². The molecule has 1 rings (SSSR count). The number of nitrogens with zero attached hydrogens (tertiary/aromatic N) is 1. The van der Waals surface area contributed by atoms with Crippen molar-refractivity contribution in [1.82, 2.24) is 15.6 Å². The maximum Gasteiger partial charge on any atom is 0.388 e. The molecule has 0 spiro atoms. The third kappa shape index (κ3) is 6.66. The molecule has 0 radical (unpaired) electrons. The quantitative estimate of drug-likeness (QED) is 0.748. The van der Waals surface area contributed by atoms with Gasteiger partial charge in [0.15, 0.2) is 0 Å². The van der Waals surface area contributed by atoms with E-state index < -0.39 is 18.7 Å². The zero-order chi connectivity index (χ0) is 16.8. The lowest BCUT2D eigenvalue weighted by atomic mass is 9.89. The molecule has 1 aromatic heterocycles. The number of carbonyl (C=O) groups is 1. The van der Waals surface area contributed by atoms with Crippen molar-refractivity contribution in [3.8, 4) is 5.88 Å². The Morgan fingerprint density at radius 2 is 2.09 bits per heavy atom. The van der Waals surface area contributed by atoms with Crippen molar-refractivity contribution in [3.05, 3.63) is 23.9 Å². The van der Waals surface area contributed by atoms with E-state index in [9.17, 15) is 18.7 Å². The summed E-state index contributed by atoms with van der Waals surface area (Å²) < 4.78 is 28.3. The smallest absolute Gasteiger partial charge is 0.388 e. The highest BCUT2D eigenvalue weighted by Crippen LogP contribution is 2.18. The van der Waals surface area contributed by atoms with Crippen LogP contribution >= 0.6 is 0 Å². The number of urea groups is 1. The van der Waals surface area contributed by atoms with Crippen LogP contribution in [-0.4, -0.2) is 35.4 Å². The van der Waals surface area contributed by atoms with Gasteiger partial charge in [0.05, 0.1) is 6.10 Å². The lowest BCUT2D eigenvalue weighted by Gasteiger charge is -2.25. The molecule has 0 saturated heterocycles. The van der Waals surface area contributed by atoms with Crippen LogP contribution in [0.2, 0.25) is 0 Å². The van der Waals surface area contributed by atoms with Gasteiger partial charge in [0.1, 0.15) is 0 Å². The molecule has 124 valence electrons. The average molecular weight is 317 g/mol. The van der Waals surface area contributed by atoms with Gasteiger partial charge in [0.25, 0.3) is 0 Å². The maximum absolute atomic E-state index is 12.1. The van der Waals surface area contributed by atoms with Gasteiger partial charge in [0, 0.05) is 25.4 Å². The van der Waals surface area contributed by atoms with Gasteiger partial charge in [-0.1, -0.05) is 20.8 Å². The number of aliphatic hydroxyl groups excluding tert-OH is 1. The van der Waals surface area contributed by atoms with Crippen molar-refractivity contribution in [2.45, 2.75) is 40.0 Å². The number of halogens is 2. The van der Waals surface area contributed by atoms with E-state index in [2.05, 4.69) is 20.4 Å². The highest BCUT2D eigenvalue weighted by atomic mass is 19.3. The third-order valence-electron chi connectivity index (χ3n) is 2.92. The Bertz CT molecular complexity index is 492. The zero-order valence-electron chi connectivity index (χ0n) is 12.8. The minimum Gasteiger partial charge on any atom is -0.417 e. The second-order valence-corrected chi connectivity index (χ2v) is 5.83. The predicted molar refractivity (Wildman–Crippen MR) is 76.6 cm³/mol. The van der Waals surface area contributed by atoms with Crippen LogP contribution in [0.3, 0.4) is 0 Å². The fourth-order valence-electron chi connectivity index (χ4n) is 1.46. The van der Waals surface area contributed by atoms with Gasteiger partial charge in [-0.05, 0) is 17.0 Å². The Morgan fingerprint density at radius 1 is 1.41 bits per heavy atom. The van der Waals surface area contributed by atoms with Crippen LogP contribution in [0, 0.1) is 5.41 Å². The number of nitrogens with one attached hydrogen (secondary N) is 2. The number of aromatic nitrogens is 1. The van der Waals surface area contributed by atoms with Gasteiger partial charge in [-0.25, -0.2) is 9.78 Å². The molecule has 0 bridgehead atoms. The summed E-state index contributed by atoms with van der Waals surface area (Å²) in [5.41, 5.74) is 0.233. The second kappa shape index (κ2) is 7.88. The standard InChI is InChI=1S/C14H21F2N3O3/c1-14(2,3)10(20)8-19-13(21)18-7-9-4-5-17-11(6-9)22-12(15)16/h4-6,10,12,20H,7-8H2,1-3H3,(H2,18,19,21). The highest BCUT2D eigenvalue weighted by Gasteiger charge is 2.22. The molecule has 6 nitrogen and oxygen atoms in total. The molecule has 1 heterocycles. The van der Waals surface area contributed by atoms with E-state index in [1.165, 1.54) is 12.3 Å². The van der Waals surface area contributed by atoms with E-state index in [0.717, 1.165) is 0 Å². The lowest BCUT2D eigenvalue weighted by Crippen LogP contribution is -2.43. The Morgan fingerprint density at radius 3 is 2.68 bits per heavy atom. The fraction of sp³-hybridized carbons (Fsp3) is 0.571. The van der Waals surface area contributed by atoms with Gasteiger partial charge in [-0.2, -0.15) is 8.78 Å². The SMILES string of the molecule is CC(C)(C)C(O)CNC(=O)NCc1ccnc(OC(F)F)c1. The predicted octanol–water partition coefficient (Wildman–Crippen LogP) is 1.89. The molecular weight excluding hydrogens is 296 g/mol. The van der Waals surface area contributed by atoms with E-state index in [0.29, 0.717) is 5.56 Å². The molecule has 1 aromatic rings. The summed E-state index contributed by atoms with van der Waals surface area (Å²) in [6.07, 6.45) is 0.640. The molecule has 1 atom stereocenters. The van der Waals surface area contributed by atoms with Gasteiger partial charge in [0.2, 0.25) is 5.88 Å². The molecule has 0 aliphatic carbocycles. The number of ether oxygens (including phenoxy) is 1. The Labute approximate surface area is 127 Å². The molecule has 8 heteroatoms. The second-order valence-electron chi connectivity index (χ2n) is 5.83. The first-order valence-electron chi connectivity index (χ1n) is 6.78. The van der Waals surface area contributed by atoms with Crippen LogP contribution in [0.1, 0.15) is 26.3 Å². The molecule has 2 amide bonds. The minimum atomic E-state index is -2.95.